The fourth-order valence-electron chi connectivity index (χ4n) is 3.47. The van der Waals surface area contributed by atoms with E-state index in [0.717, 1.165) is 5.56 Å². The van der Waals surface area contributed by atoms with E-state index in [2.05, 4.69) is 15.3 Å². The molecule has 1 atom stereocenters. The Bertz CT molecular complexity index is 1250. The molecule has 1 N–H and O–H groups in total. The highest BCUT2D eigenvalue weighted by Crippen LogP contribution is 2.31. The number of ether oxygens (including phenoxy) is 1. The Labute approximate surface area is 199 Å². The lowest BCUT2D eigenvalue weighted by Gasteiger charge is -2.30. The highest BCUT2D eigenvalue weighted by Gasteiger charge is 2.34. The molecule has 0 radical (unpaired) electrons. The van der Waals surface area contributed by atoms with Gasteiger partial charge >= 0.3 is 0 Å². The molecular formula is C25H21FN4O3S. The van der Waals surface area contributed by atoms with Gasteiger partial charge in [-0.3, -0.25) is 14.6 Å². The van der Waals surface area contributed by atoms with Crippen molar-refractivity contribution in [2.24, 2.45) is 0 Å². The first kappa shape index (κ1) is 23.1. The van der Waals surface area contributed by atoms with Gasteiger partial charge in [0.2, 0.25) is 0 Å². The van der Waals surface area contributed by atoms with Gasteiger partial charge in [-0.2, -0.15) is 0 Å². The van der Waals surface area contributed by atoms with Crippen LogP contribution in [0.1, 0.15) is 27.0 Å². The number of rotatable bonds is 8. The smallest absolute Gasteiger partial charge is 0.275 e. The maximum Gasteiger partial charge on any atom is 0.275 e. The molecule has 0 fully saturated rings. The monoisotopic (exact) mass is 476 g/mol. The normalized spacial score (nSPS) is 11.5. The number of thiophene rings is 1. The summed E-state index contributed by atoms with van der Waals surface area (Å²) in [6.07, 6.45) is 4.26. The van der Waals surface area contributed by atoms with Gasteiger partial charge in [0.15, 0.2) is 0 Å². The third-order valence-electron chi connectivity index (χ3n) is 5.06. The van der Waals surface area contributed by atoms with Crippen molar-refractivity contribution < 1.29 is 18.7 Å². The van der Waals surface area contributed by atoms with Gasteiger partial charge in [0.25, 0.3) is 11.8 Å². The number of methoxy groups -OCH3 is 1. The van der Waals surface area contributed by atoms with Crippen LogP contribution in [0.15, 0.2) is 84.6 Å². The van der Waals surface area contributed by atoms with E-state index >= 15 is 0 Å². The number of benzene rings is 2. The number of aromatic nitrogens is 2. The van der Waals surface area contributed by atoms with Crippen molar-refractivity contribution in [2.75, 3.05) is 12.4 Å². The molecule has 4 rings (SSSR count). The van der Waals surface area contributed by atoms with E-state index in [1.807, 2.05) is 29.6 Å². The molecule has 0 bridgehead atoms. The largest absolute Gasteiger partial charge is 0.496 e. The van der Waals surface area contributed by atoms with Gasteiger partial charge < -0.3 is 15.0 Å². The van der Waals surface area contributed by atoms with E-state index in [0.29, 0.717) is 16.3 Å². The molecule has 2 heterocycles. The van der Waals surface area contributed by atoms with Crippen LogP contribution >= 0.6 is 11.3 Å². The van der Waals surface area contributed by atoms with Crippen LogP contribution < -0.4 is 10.1 Å². The van der Waals surface area contributed by atoms with Crippen molar-refractivity contribution in [3.63, 3.8) is 0 Å². The van der Waals surface area contributed by atoms with Gasteiger partial charge in [0.1, 0.15) is 23.3 Å². The van der Waals surface area contributed by atoms with Gasteiger partial charge in [0.05, 0.1) is 19.9 Å². The number of anilines is 1. The summed E-state index contributed by atoms with van der Waals surface area (Å²) in [6, 6.07) is 15.4. The van der Waals surface area contributed by atoms with Crippen LogP contribution in [0.2, 0.25) is 0 Å². The predicted octanol–water partition coefficient (Wildman–Crippen LogP) is 4.71. The minimum atomic E-state index is -0.982. The van der Waals surface area contributed by atoms with Crippen LogP contribution in [0.25, 0.3) is 0 Å². The maximum atomic E-state index is 13.6. The quantitative estimate of drug-likeness (QED) is 0.398. The van der Waals surface area contributed by atoms with E-state index in [1.165, 1.54) is 59.1 Å². The van der Waals surface area contributed by atoms with Gasteiger partial charge in [0, 0.05) is 28.5 Å². The molecule has 0 spiro atoms. The number of hydrogen-bond acceptors (Lipinski definition) is 6. The standard InChI is InChI=1S/C25H21FN4O3S/c1-33-21-6-3-2-5-17(21)16-30(25(32)20-15-27-12-13-28-20)23(22-7-4-14-34-22)24(31)29-19-10-8-18(26)9-11-19/h2-15,23H,16H2,1H3,(H,29,31). The van der Waals surface area contributed by atoms with Crippen LogP contribution in [-0.4, -0.2) is 33.8 Å². The first-order valence-electron chi connectivity index (χ1n) is 10.4. The minimum absolute atomic E-state index is 0.0822. The van der Waals surface area contributed by atoms with Crippen molar-refractivity contribution in [3.05, 3.63) is 107 Å². The van der Waals surface area contributed by atoms with Crippen LogP contribution in [-0.2, 0) is 11.3 Å². The number of halogens is 1. The van der Waals surface area contributed by atoms with Crippen LogP contribution in [0.5, 0.6) is 5.75 Å². The minimum Gasteiger partial charge on any atom is -0.496 e. The topological polar surface area (TPSA) is 84.4 Å². The summed E-state index contributed by atoms with van der Waals surface area (Å²) in [5.41, 5.74) is 1.24. The average molecular weight is 477 g/mol. The molecule has 2 aromatic carbocycles. The molecule has 34 heavy (non-hydrogen) atoms. The number of para-hydroxylation sites is 1. The SMILES string of the molecule is COc1ccccc1CN(C(=O)c1cnccn1)C(C(=O)Nc1ccc(F)cc1)c1cccs1. The second-order valence-corrected chi connectivity index (χ2v) is 8.23. The molecule has 0 aliphatic rings. The van der Waals surface area contributed by atoms with E-state index in [-0.39, 0.29) is 12.2 Å². The molecule has 1 unspecified atom stereocenters. The van der Waals surface area contributed by atoms with Gasteiger partial charge in [-0.15, -0.1) is 11.3 Å². The number of amides is 2. The molecule has 4 aromatic rings. The first-order chi connectivity index (χ1) is 16.6. The third-order valence-corrected chi connectivity index (χ3v) is 5.99. The lowest BCUT2D eigenvalue weighted by Crippen LogP contribution is -2.41. The van der Waals surface area contributed by atoms with Crippen LogP contribution in [0.3, 0.4) is 0 Å². The van der Waals surface area contributed by atoms with E-state index in [1.54, 1.807) is 19.2 Å². The number of nitrogens with zero attached hydrogens (tertiary/aromatic N) is 3. The molecule has 0 aliphatic carbocycles. The molecule has 0 saturated heterocycles. The molecule has 9 heteroatoms. The summed E-state index contributed by atoms with van der Waals surface area (Å²) in [7, 11) is 1.55. The van der Waals surface area contributed by atoms with Crippen LogP contribution in [0.4, 0.5) is 10.1 Å². The summed E-state index contributed by atoms with van der Waals surface area (Å²) >= 11 is 1.35. The van der Waals surface area contributed by atoms with Crippen molar-refractivity contribution in [2.45, 2.75) is 12.6 Å². The van der Waals surface area contributed by atoms with Crippen molar-refractivity contribution in [1.82, 2.24) is 14.9 Å². The lowest BCUT2D eigenvalue weighted by molar-refractivity contribution is -0.120. The molecule has 172 valence electrons. The molecule has 2 amide bonds. The highest BCUT2D eigenvalue weighted by molar-refractivity contribution is 7.10. The Morgan fingerprint density at radius 3 is 2.56 bits per heavy atom. The molecule has 0 aliphatic heterocycles. The lowest BCUT2D eigenvalue weighted by atomic mass is 10.1. The van der Waals surface area contributed by atoms with Crippen molar-refractivity contribution in [1.29, 1.82) is 0 Å². The summed E-state index contributed by atoms with van der Waals surface area (Å²) in [5, 5.41) is 4.63. The predicted molar refractivity (Wildman–Crippen MR) is 127 cm³/mol. The Kier molecular flexibility index (Phi) is 7.24. The summed E-state index contributed by atoms with van der Waals surface area (Å²) < 4.78 is 18.8. The molecule has 0 saturated carbocycles. The van der Waals surface area contributed by atoms with Gasteiger partial charge in [-0.1, -0.05) is 24.3 Å². The Hall–Kier alpha value is -4.11. The summed E-state index contributed by atoms with van der Waals surface area (Å²) in [4.78, 5) is 37.4. The highest BCUT2D eigenvalue weighted by atomic mass is 32.1. The zero-order valence-electron chi connectivity index (χ0n) is 18.2. The number of nitrogens with one attached hydrogen (secondary N) is 1. The molecule has 2 aromatic heterocycles. The third kappa shape index (κ3) is 5.26. The number of carbonyl (C=O) groups excluding carboxylic acids is 2. The van der Waals surface area contributed by atoms with E-state index in [9.17, 15) is 14.0 Å². The van der Waals surface area contributed by atoms with E-state index in [4.69, 9.17) is 4.74 Å². The summed E-state index contributed by atoms with van der Waals surface area (Å²) in [6.45, 7) is 0.0822. The van der Waals surface area contributed by atoms with Crippen LogP contribution in [0, 0.1) is 5.82 Å². The Morgan fingerprint density at radius 1 is 1.09 bits per heavy atom. The zero-order chi connectivity index (χ0) is 23.9. The maximum absolute atomic E-state index is 13.6. The second kappa shape index (κ2) is 10.7. The first-order valence-corrected chi connectivity index (χ1v) is 11.2. The second-order valence-electron chi connectivity index (χ2n) is 7.25. The molecule has 7 nitrogen and oxygen atoms in total. The zero-order valence-corrected chi connectivity index (χ0v) is 19.0. The van der Waals surface area contributed by atoms with Gasteiger partial charge in [-0.25, -0.2) is 9.37 Å². The summed E-state index contributed by atoms with van der Waals surface area (Å²) in [5.74, 6) is -0.736. The van der Waals surface area contributed by atoms with E-state index < -0.39 is 23.7 Å². The van der Waals surface area contributed by atoms with Crippen molar-refractivity contribution >= 4 is 28.8 Å². The van der Waals surface area contributed by atoms with Gasteiger partial charge in [-0.05, 0) is 41.8 Å². The fourth-order valence-corrected chi connectivity index (χ4v) is 4.30. The van der Waals surface area contributed by atoms with Crippen molar-refractivity contribution in [3.8, 4) is 5.75 Å². The number of carbonyl (C=O) groups is 2. The number of hydrogen-bond donors (Lipinski definition) is 1. The Morgan fingerprint density at radius 2 is 1.88 bits per heavy atom. The average Bonchev–Trinajstić information content (AvgIpc) is 3.40. The molecular weight excluding hydrogens is 455 g/mol. The Balaban J connectivity index is 1.76. The fraction of sp³-hybridized carbons (Fsp3) is 0.120.